The Morgan fingerprint density at radius 1 is 1.02 bits per heavy atom. The number of esters is 3. The number of aromatic nitrogens is 2. The van der Waals surface area contributed by atoms with E-state index in [1.165, 1.54) is 48.6 Å². The number of carbonyl (C=O) groups excluding carboxylic acids is 3. The molecule has 0 bridgehead atoms. The number of cyclic esters (lactones) is 1. The summed E-state index contributed by atoms with van der Waals surface area (Å²) in [5.74, 6) is -3.20. The van der Waals surface area contributed by atoms with Gasteiger partial charge >= 0.3 is 28.8 Å². The van der Waals surface area contributed by atoms with Gasteiger partial charge in [0.15, 0.2) is 0 Å². The molecule has 1 saturated carbocycles. The van der Waals surface area contributed by atoms with Crippen LogP contribution < -0.4 is 9.64 Å². The molecule has 260 valence electrons. The maximum absolute atomic E-state index is 13.3. The zero-order chi connectivity index (χ0) is 35.0. The van der Waals surface area contributed by atoms with Crippen LogP contribution >= 0.6 is 0 Å². The predicted octanol–water partition coefficient (Wildman–Crippen LogP) is 3.52. The second-order valence-electron chi connectivity index (χ2n) is 11.7. The van der Waals surface area contributed by atoms with Crippen LogP contribution in [0.15, 0.2) is 93.5 Å². The minimum Gasteiger partial charge on any atom is -0.460 e. The van der Waals surface area contributed by atoms with Crippen molar-refractivity contribution in [3.05, 3.63) is 95.2 Å². The molecule has 5 atom stereocenters. The van der Waals surface area contributed by atoms with Crippen LogP contribution in [0.25, 0.3) is 0 Å². The molecule has 1 aliphatic carbocycles. The summed E-state index contributed by atoms with van der Waals surface area (Å²) in [7, 11) is -4.33. The first-order valence-corrected chi connectivity index (χ1v) is 17.3. The summed E-state index contributed by atoms with van der Waals surface area (Å²) in [5, 5.41) is 25.5. The molecule has 0 unspecified atom stereocenters. The number of hydrogen-bond acceptors (Lipinski definition) is 13. The van der Waals surface area contributed by atoms with Gasteiger partial charge in [0.05, 0.1) is 33.4 Å². The number of nitrogens with zero attached hydrogens (tertiary/aromatic N) is 2. The lowest BCUT2D eigenvalue weighted by molar-refractivity contribution is -0.832. The van der Waals surface area contributed by atoms with Gasteiger partial charge in [-0.3, -0.25) is 4.63 Å². The third kappa shape index (κ3) is 8.72. The van der Waals surface area contributed by atoms with Gasteiger partial charge in [0.1, 0.15) is 19.3 Å². The van der Waals surface area contributed by atoms with E-state index in [-0.39, 0.29) is 38.9 Å². The van der Waals surface area contributed by atoms with Gasteiger partial charge in [-0.1, -0.05) is 42.5 Å². The topological polar surface area (TPSA) is 195 Å². The largest absolute Gasteiger partial charge is 0.460 e. The maximum Gasteiger partial charge on any atom is 0.415 e. The lowest BCUT2D eigenvalue weighted by Gasteiger charge is -2.19. The van der Waals surface area contributed by atoms with E-state index < -0.39 is 64.1 Å². The molecule has 2 aliphatic rings. The first-order valence-electron chi connectivity index (χ1n) is 15.8. The standard InChI is InChI=1S/C34H36N2O12S/c1-22-10-4-2-5-11-23-20-24(21-28(23)29(37)16-17-30(38)46-22)47-34(40)27-15-9-8-14-26(27)33(39)45-19-18-44-31-32(36(41)48-35-31)49(42,43)25-12-6-3-7-13-25/h3,5-9,11-17,22-24,28-29,37H,2,4,10,18-21H2,1H3/b11-5+,17-16+/t22-,23+,24-,28+,29+/m0/s1. The molecule has 2 aromatic carbocycles. The van der Waals surface area contributed by atoms with Gasteiger partial charge in [-0.15, -0.1) is 0 Å². The highest BCUT2D eigenvalue weighted by molar-refractivity contribution is 7.91. The summed E-state index contributed by atoms with van der Waals surface area (Å²) in [6, 6.07) is 13.1. The van der Waals surface area contributed by atoms with Gasteiger partial charge in [-0.05, 0) is 86.1 Å². The smallest absolute Gasteiger partial charge is 0.415 e. The number of benzene rings is 2. The number of fused-ring (bicyclic) bond motifs is 1. The molecule has 1 N–H and O–H groups in total. The number of rotatable bonds is 9. The Morgan fingerprint density at radius 3 is 2.49 bits per heavy atom. The fourth-order valence-electron chi connectivity index (χ4n) is 5.82. The Hall–Kier alpha value is -5.02. The van der Waals surface area contributed by atoms with E-state index in [0.29, 0.717) is 19.3 Å². The van der Waals surface area contributed by atoms with E-state index >= 15 is 0 Å². The van der Waals surface area contributed by atoms with E-state index in [9.17, 15) is 33.1 Å². The highest BCUT2D eigenvalue weighted by atomic mass is 32.2. The average molecular weight is 697 g/mol. The van der Waals surface area contributed by atoms with Crippen LogP contribution in [-0.4, -0.2) is 68.1 Å². The highest BCUT2D eigenvalue weighted by Gasteiger charge is 2.39. The SMILES string of the molecule is C[C@H]1CCC/C=C/[C@@H]2C[C@H](OC(=O)c3ccccc3C(=O)OCCOc3no[n+]([O-])c3S(=O)(=O)c3ccccc3)C[C@H]2[C@H](O)/C=C/C(=O)O1. The van der Waals surface area contributed by atoms with Crippen molar-refractivity contribution in [3.8, 4) is 5.88 Å². The van der Waals surface area contributed by atoms with Crippen molar-refractivity contribution in [2.75, 3.05) is 13.2 Å². The molecule has 3 aromatic rings. The lowest BCUT2D eigenvalue weighted by Crippen LogP contribution is -2.31. The number of aliphatic hydroxyl groups is 1. The van der Waals surface area contributed by atoms with Crippen LogP contribution in [0.3, 0.4) is 0 Å². The molecule has 1 aromatic heterocycles. The lowest BCUT2D eigenvalue weighted by atomic mass is 9.90. The number of ether oxygens (including phenoxy) is 4. The van der Waals surface area contributed by atoms with Gasteiger partial charge < -0.3 is 29.3 Å². The van der Waals surface area contributed by atoms with Crippen molar-refractivity contribution in [3.63, 3.8) is 0 Å². The Bertz CT molecular complexity index is 1800. The average Bonchev–Trinajstić information content (AvgIpc) is 3.68. The Morgan fingerprint density at radius 2 is 1.73 bits per heavy atom. The summed E-state index contributed by atoms with van der Waals surface area (Å²) >= 11 is 0. The third-order valence-electron chi connectivity index (χ3n) is 8.22. The number of carbonyl (C=O) groups is 3. The van der Waals surface area contributed by atoms with Crippen LogP contribution in [0.5, 0.6) is 5.88 Å². The Balaban J connectivity index is 1.19. The van der Waals surface area contributed by atoms with Gasteiger partial charge in [-0.25, -0.2) is 22.8 Å². The molecule has 2 heterocycles. The first-order chi connectivity index (χ1) is 23.5. The second-order valence-corrected chi connectivity index (χ2v) is 13.5. The molecule has 0 saturated heterocycles. The maximum atomic E-state index is 13.3. The molecular weight excluding hydrogens is 660 g/mol. The molecule has 14 nitrogen and oxygen atoms in total. The number of allylic oxidation sites excluding steroid dienone is 2. The molecule has 0 radical (unpaired) electrons. The van der Waals surface area contributed by atoms with Crippen molar-refractivity contribution in [1.82, 2.24) is 5.16 Å². The van der Waals surface area contributed by atoms with Crippen molar-refractivity contribution in [2.45, 2.75) is 67.3 Å². The molecule has 1 fully saturated rings. The van der Waals surface area contributed by atoms with Gasteiger partial charge in [0, 0.05) is 6.08 Å². The van der Waals surface area contributed by atoms with Crippen LogP contribution in [0.1, 0.15) is 59.7 Å². The van der Waals surface area contributed by atoms with E-state index in [2.05, 4.69) is 9.79 Å². The number of hydrogen-bond donors (Lipinski definition) is 1. The van der Waals surface area contributed by atoms with Crippen LogP contribution in [0.4, 0.5) is 0 Å². The van der Waals surface area contributed by atoms with Crippen molar-refractivity contribution in [1.29, 1.82) is 0 Å². The minimum absolute atomic E-state index is 0.0384. The molecular formula is C34H36N2O12S. The summed E-state index contributed by atoms with van der Waals surface area (Å²) in [4.78, 5) is 38.0. The van der Waals surface area contributed by atoms with Crippen LogP contribution in [-0.2, 0) is 28.8 Å². The second kappa shape index (κ2) is 15.9. The van der Waals surface area contributed by atoms with E-state index in [4.69, 9.17) is 18.9 Å². The van der Waals surface area contributed by atoms with Gasteiger partial charge in [0.2, 0.25) is 0 Å². The molecule has 0 spiro atoms. The van der Waals surface area contributed by atoms with Crippen molar-refractivity contribution in [2.24, 2.45) is 11.8 Å². The molecule has 49 heavy (non-hydrogen) atoms. The van der Waals surface area contributed by atoms with Gasteiger partial charge in [-0.2, -0.15) is 0 Å². The normalized spacial score (nSPS) is 24.2. The third-order valence-corrected chi connectivity index (χ3v) is 9.95. The first kappa shape index (κ1) is 35.3. The highest BCUT2D eigenvalue weighted by Crippen LogP contribution is 2.38. The monoisotopic (exact) mass is 696 g/mol. The summed E-state index contributed by atoms with van der Waals surface area (Å²) in [6.07, 6.45) is 7.97. The van der Waals surface area contributed by atoms with Crippen molar-refractivity contribution >= 4 is 27.7 Å². The molecule has 15 heteroatoms. The summed E-state index contributed by atoms with van der Waals surface area (Å²) in [6.45, 7) is 1.04. The minimum atomic E-state index is -4.33. The van der Waals surface area contributed by atoms with Crippen molar-refractivity contribution < 1.29 is 56.4 Å². The Kier molecular flexibility index (Phi) is 11.5. The van der Waals surface area contributed by atoms with Gasteiger partial charge in [0.25, 0.3) is 9.84 Å². The summed E-state index contributed by atoms with van der Waals surface area (Å²) < 4.78 is 52.0. The quantitative estimate of drug-likeness (QED) is 0.112. The van der Waals surface area contributed by atoms with E-state index in [1.807, 2.05) is 19.1 Å². The number of sulfone groups is 1. The van der Waals surface area contributed by atoms with E-state index in [1.54, 1.807) is 18.2 Å². The Labute approximate surface area is 282 Å². The number of aliphatic hydroxyl groups excluding tert-OH is 1. The summed E-state index contributed by atoms with van der Waals surface area (Å²) in [5.41, 5.74) is -0.113. The zero-order valence-corrected chi connectivity index (χ0v) is 27.4. The predicted molar refractivity (Wildman–Crippen MR) is 169 cm³/mol. The molecule has 5 rings (SSSR count). The zero-order valence-electron chi connectivity index (χ0n) is 26.6. The van der Waals surface area contributed by atoms with E-state index in [0.717, 1.165) is 12.8 Å². The van der Waals surface area contributed by atoms with Crippen LogP contribution in [0, 0.1) is 17.0 Å². The molecule has 0 amide bonds. The fourth-order valence-corrected chi connectivity index (χ4v) is 7.11. The fraction of sp³-hybridized carbons (Fsp3) is 0.382. The van der Waals surface area contributed by atoms with Crippen LogP contribution in [0.2, 0.25) is 0 Å². The molecule has 1 aliphatic heterocycles.